The first-order valence-corrected chi connectivity index (χ1v) is 11.3. The molecule has 0 radical (unpaired) electrons. The number of aromatic nitrogens is 2. The minimum Gasteiger partial charge on any atom is -0.321 e. The third-order valence-corrected chi connectivity index (χ3v) is 7.43. The molecule has 1 saturated heterocycles. The third kappa shape index (κ3) is 3.03. The number of nitrogens with zero attached hydrogens (tertiary/aromatic N) is 3. The van der Waals surface area contributed by atoms with Crippen LogP contribution in [0.25, 0.3) is 10.8 Å². The third-order valence-electron chi connectivity index (χ3n) is 7.43. The molecule has 1 atom stereocenters. The number of benzene rings is 2. The van der Waals surface area contributed by atoms with E-state index in [1.165, 1.54) is 55.3 Å². The number of likely N-dealkylation sites (tertiary alicyclic amines) is 1. The Morgan fingerprint density at radius 3 is 2.77 bits per heavy atom. The maximum Gasteiger partial charge on any atom is 0.256 e. The molecule has 5 heteroatoms. The zero-order chi connectivity index (χ0) is 20.2. The highest BCUT2D eigenvalue weighted by atomic mass is 16.1. The van der Waals surface area contributed by atoms with Crippen molar-refractivity contribution >= 4 is 22.4 Å². The summed E-state index contributed by atoms with van der Waals surface area (Å²) in [5.41, 5.74) is 4.20. The number of carbonyl (C=O) groups excluding carboxylic acids is 1. The molecule has 0 spiro atoms. The van der Waals surface area contributed by atoms with Crippen molar-refractivity contribution in [2.45, 2.75) is 51.1 Å². The van der Waals surface area contributed by atoms with E-state index in [-0.39, 0.29) is 5.91 Å². The first kappa shape index (κ1) is 18.1. The van der Waals surface area contributed by atoms with E-state index in [4.69, 9.17) is 5.10 Å². The molecule has 3 heterocycles. The summed E-state index contributed by atoms with van der Waals surface area (Å²) in [5.74, 6) is 0.948. The van der Waals surface area contributed by atoms with Gasteiger partial charge in [0.25, 0.3) is 5.91 Å². The topological polar surface area (TPSA) is 50.2 Å². The lowest BCUT2D eigenvalue weighted by Crippen LogP contribution is -2.41. The highest BCUT2D eigenvalue weighted by Crippen LogP contribution is 2.37. The Kier molecular flexibility index (Phi) is 4.20. The maximum atomic E-state index is 12.2. The second-order valence-corrected chi connectivity index (χ2v) is 9.31. The van der Waals surface area contributed by atoms with Crippen molar-refractivity contribution in [3.63, 3.8) is 0 Å². The molecular weight excluding hydrogens is 372 g/mol. The van der Waals surface area contributed by atoms with Crippen LogP contribution in [0.4, 0.5) is 5.69 Å². The molecule has 1 saturated carbocycles. The van der Waals surface area contributed by atoms with Crippen LogP contribution in [0, 0.1) is 5.92 Å². The molecule has 1 amide bonds. The van der Waals surface area contributed by atoms with Gasteiger partial charge < -0.3 is 10.2 Å². The molecule has 1 aliphatic carbocycles. The summed E-state index contributed by atoms with van der Waals surface area (Å²) < 4.78 is 2.19. The standard InChI is InChI=1S/C25H28N4O/c1-16(18-5-6-18)28-11-9-20(10-12-28)29-15-17(14-26-29)13-19-7-8-23-24-21(19)3-2-4-22(24)25(30)27-23/h2-4,7-8,14-16,18,20H,5-6,9-13H2,1H3,(H,27,30)/t16-/m1/s1. The van der Waals surface area contributed by atoms with Gasteiger partial charge in [0.2, 0.25) is 0 Å². The number of rotatable bonds is 5. The minimum atomic E-state index is 0.00270. The van der Waals surface area contributed by atoms with E-state index in [1.807, 2.05) is 24.4 Å². The molecule has 0 bridgehead atoms. The van der Waals surface area contributed by atoms with Crippen LogP contribution in [0.2, 0.25) is 0 Å². The van der Waals surface area contributed by atoms with Gasteiger partial charge in [-0.2, -0.15) is 5.10 Å². The van der Waals surface area contributed by atoms with Crippen LogP contribution in [0.5, 0.6) is 0 Å². The predicted octanol–water partition coefficient (Wildman–Crippen LogP) is 4.63. The Labute approximate surface area is 177 Å². The summed E-state index contributed by atoms with van der Waals surface area (Å²) >= 11 is 0. The number of hydrogen-bond acceptors (Lipinski definition) is 3. The van der Waals surface area contributed by atoms with Crippen LogP contribution >= 0.6 is 0 Å². The van der Waals surface area contributed by atoms with Crippen molar-refractivity contribution < 1.29 is 4.79 Å². The van der Waals surface area contributed by atoms with E-state index < -0.39 is 0 Å². The van der Waals surface area contributed by atoms with Gasteiger partial charge in [-0.1, -0.05) is 18.2 Å². The zero-order valence-corrected chi connectivity index (χ0v) is 17.5. The van der Waals surface area contributed by atoms with Crippen molar-refractivity contribution in [2.75, 3.05) is 18.4 Å². The fourth-order valence-corrected chi connectivity index (χ4v) is 5.43. The summed E-state index contributed by atoms with van der Waals surface area (Å²) in [7, 11) is 0. The summed E-state index contributed by atoms with van der Waals surface area (Å²) in [6.07, 6.45) is 10.3. The number of amides is 1. The Morgan fingerprint density at radius 1 is 1.13 bits per heavy atom. The lowest BCUT2D eigenvalue weighted by Gasteiger charge is -2.36. The van der Waals surface area contributed by atoms with E-state index in [9.17, 15) is 4.79 Å². The normalized spacial score (nSPS) is 20.6. The van der Waals surface area contributed by atoms with Crippen LogP contribution in [-0.4, -0.2) is 39.7 Å². The van der Waals surface area contributed by atoms with E-state index in [0.717, 1.165) is 35.0 Å². The van der Waals surface area contributed by atoms with Gasteiger partial charge in [0.15, 0.2) is 0 Å². The second kappa shape index (κ2) is 6.95. The smallest absolute Gasteiger partial charge is 0.256 e. The van der Waals surface area contributed by atoms with E-state index in [2.05, 4.69) is 40.2 Å². The summed E-state index contributed by atoms with van der Waals surface area (Å²) in [5, 5.41) is 9.92. The molecule has 6 rings (SSSR count). The number of piperidine rings is 1. The average Bonchev–Trinajstić information content (AvgIpc) is 3.44. The lowest BCUT2D eigenvalue weighted by molar-refractivity contribution is 0.103. The quantitative estimate of drug-likeness (QED) is 0.679. The lowest BCUT2D eigenvalue weighted by atomic mass is 9.97. The van der Waals surface area contributed by atoms with Crippen LogP contribution in [-0.2, 0) is 6.42 Å². The van der Waals surface area contributed by atoms with Crippen LogP contribution in [0.1, 0.15) is 60.1 Å². The predicted molar refractivity (Wildman–Crippen MR) is 119 cm³/mol. The monoisotopic (exact) mass is 400 g/mol. The SMILES string of the molecule is C[C@H](C1CC1)N1CCC(n2cc(Cc3ccc4c5c(cccc35)C(=O)N4)cn2)CC1. The molecule has 2 aliphatic heterocycles. The van der Waals surface area contributed by atoms with E-state index in [0.29, 0.717) is 6.04 Å². The van der Waals surface area contributed by atoms with Crippen molar-refractivity contribution in [3.05, 3.63) is 59.4 Å². The maximum absolute atomic E-state index is 12.2. The fraction of sp³-hybridized carbons (Fsp3) is 0.440. The number of hydrogen-bond donors (Lipinski definition) is 1. The molecule has 154 valence electrons. The number of nitrogens with one attached hydrogen (secondary N) is 1. The molecular formula is C25H28N4O. The molecule has 5 nitrogen and oxygen atoms in total. The molecule has 3 aliphatic rings. The van der Waals surface area contributed by atoms with Gasteiger partial charge in [-0.25, -0.2) is 0 Å². The summed E-state index contributed by atoms with van der Waals surface area (Å²) in [6.45, 7) is 4.78. The highest BCUT2D eigenvalue weighted by Gasteiger charge is 2.34. The highest BCUT2D eigenvalue weighted by molar-refractivity contribution is 6.24. The van der Waals surface area contributed by atoms with Gasteiger partial charge in [-0.3, -0.25) is 9.48 Å². The van der Waals surface area contributed by atoms with Crippen molar-refractivity contribution in [1.29, 1.82) is 0 Å². The van der Waals surface area contributed by atoms with Crippen LogP contribution < -0.4 is 5.32 Å². The summed E-state index contributed by atoms with van der Waals surface area (Å²) in [4.78, 5) is 14.9. The summed E-state index contributed by atoms with van der Waals surface area (Å²) in [6, 6.07) is 11.5. The molecule has 0 unspecified atom stereocenters. The van der Waals surface area contributed by atoms with Gasteiger partial charge in [-0.05, 0) is 67.2 Å². The van der Waals surface area contributed by atoms with E-state index >= 15 is 0 Å². The molecule has 1 N–H and O–H groups in total. The van der Waals surface area contributed by atoms with Crippen molar-refractivity contribution in [3.8, 4) is 0 Å². The Balaban J connectivity index is 1.19. The van der Waals surface area contributed by atoms with Crippen molar-refractivity contribution in [1.82, 2.24) is 14.7 Å². The molecule has 3 aromatic rings. The van der Waals surface area contributed by atoms with Gasteiger partial charge in [0.05, 0.1) is 12.2 Å². The fourth-order valence-electron chi connectivity index (χ4n) is 5.43. The molecule has 1 aromatic heterocycles. The van der Waals surface area contributed by atoms with Gasteiger partial charge >= 0.3 is 0 Å². The Hall–Kier alpha value is -2.66. The van der Waals surface area contributed by atoms with Crippen molar-refractivity contribution in [2.24, 2.45) is 5.92 Å². The Morgan fingerprint density at radius 2 is 1.97 bits per heavy atom. The zero-order valence-electron chi connectivity index (χ0n) is 17.5. The number of anilines is 1. The van der Waals surface area contributed by atoms with E-state index in [1.54, 1.807) is 0 Å². The minimum absolute atomic E-state index is 0.00270. The van der Waals surface area contributed by atoms with Crippen LogP contribution in [0.3, 0.4) is 0 Å². The number of carbonyl (C=O) groups is 1. The van der Waals surface area contributed by atoms with Gasteiger partial charge in [0, 0.05) is 48.4 Å². The largest absolute Gasteiger partial charge is 0.321 e. The van der Waals surface area contributed by atoms with Crippen LogP contribution in [0.15, 0.2) is 42.7 Å². The average molecular weight is 401 g/mol. The molecule has 2 fully saturated rings. The Bertz CT molecular complexity index is 1120. The first-order chi connectivity index (χ1) is 14.7. The molecule has 2 aromatic carbocycles. The van der Waals surface area contributed by atoms with Gasteiger partial charge in [-0.15, -0.1) is 0 Å². The first-order valence-electron chi connectivity index (χ1n) is 11.3. The second-order valence-electron chi connectivity index (χ2n) is 9.31. The molecule has 30 heavy (non-hydrogen) atoms. The van der Waals surface area contributed by atoms with Gasteiger partial charge in [0.1, 0.15) is 0 Å².